The first-order valence-electron chi connectivity index (χ1n) is 14.4. The molecule has 1 unspecified atom stereocenters. The largest absolute Gasteiger partial charge is 0.480 e. The number of nitrogens with one attached hydrogen (secondary N) is 2. The maximum atomic E-state index is 13.6. The van der Waals surface area contributed by atoms with Crippen molar-refractivity contribution in [2.24, 2.45) is 5.92 Å². The molecule has 11 heteroatoms. The number of aromatic nitrogens is 2. The van der Waals surface area contributed by atoms with Crippen molar-refractivity contribution in [2.75, 3.05) is 18.8 Å². The zero-order valence-corrected chi connectivity index (χ0v) is 24.7. The van der Waals surface area contributed by atoms with Gasteiger partial charge >= 0.3 is 11.7 Å². The van der Waals surface area contributed by atoms with E-state index in [1.54, 1.807) is 22.8 Å². The van der Waals surface area contributed by atoms with E-state index in [0.29, 0.717) is 48.3 Å². The third kappa shape index (κ3) is 8.18. The number of nitrogens with zero attached hydrogens (tertiary/aromatic N) is 2. The summed E-state index contributed by atoms with van der Waals surface area (Å²) in [5.41, 5.74) is 1.14. The number of rotatable bonds is 12. The fraction of sp³-hybridized carbons (Fsp3) is 0.452. The molecule has 2 aromatic carbocycles. The van der Waals surface area contributed by atoms with Gasteiger partial charge in [0, 0.05) is 18.5 Å². The number of sulfonamides is 1. The first-order valence-corrected chi connectivity index (χ1v) is 16.1. The summed E-state index contributed by atoms with van der Waals surface area (Å²) in [5, 5.41) is 13.2. The Kier molecular flexibility index (Phi) is 10.7. The van der Waals surface area contributed by atoms with Crippen molar-refractivity contribution >= 4 is 26.9 Å². The molecule has 2 heterocycles. The van der Waals surface area contributed by atoms with Crippen LogP contribution in [0, 0.1) is 17.8 Å². The van der Waals surface area contributed by atoms with E-state index in [2.05, 4.69) is 21.9 Å². The molecule has 1 atom stereocenters. The summed E-state index contributed by atoms with van der Waals surface area (Å²) in [6.45, 7) is 4.33. The Morgan fingerprint density at radius 2 is 1.86 bits per heavy atom. The lowest BCUT2D eigenvalue weighted by Crippen LogP contribution is -2.41. The highest BCUT2D eigenvalue weighted by molar-refractivity contribution is 7.89. The second-order valence-electron chi connectivity index (χ2n) is 10.7. The number of unbranched alkanes of at least 4 members (excludes halogenated alkanes) is 1. The number of hydrogen-bond acceptors (Lipinski definition) is 6. The van der Waals surface area contributed by atoms with Crippen LogP contribution in [0.5, 0.6) is 0 Å². The molecular weight excluding hydrogens is 556 g/mol. The molecule has 42 heavy (non-hydrogen) atoms. The smallest absolute Gasteiger partial charge is 0.331 e. The van der Waals surface area contributed by atoms with Gasteiger partial charge in [-0.25, -0.2) is 13.2 Å². The minimum atomic E-state index is -3.75. The first kappa shape index (κ1) is 31.2. The number of carboxylic acids is 1. The molecule has 0 amide bonds. The minimum absolute atomic E-state index is 0.153. The van der Waals surface area contributed by atoms with Gasteiger partial charge in [0.15, 0.2) is 0 Å². The molecule has 1 saturated heterocycles. The van der Waals surface area contributed by atoms with Gasteiger partial charge in [-0.2, -0.15) is 4.72 Å². The molecule has 3 N–H and O–H groups in total. The number of fused-ring (bicyclic) bond motifs is 1. The van der Waals surface area contributed by atoms with E-state index < -0.39 is 22.0 Å². The maximum absolute atomic E-state index is 13.6. The van der Waals surface area contributed by atoms with Gasteiger partial charge in [-0.3, -0.25) is 18.7 Å². The Hall–Kier alpha value is -3.72. The van der Waals surface area contributed by atoms with E-state index in [1.807, 2.05) is 37.3 Å². The van der Waals surface area contributed by atoms with Crippen LogP contribution in [0.2, 0.25) is 0 Å². The fourth-order valence-corrected chi connectivity index (χ4v) is 6.55. The van der Waals surface area contributed by atoms with Crippen LogP contribution in [0.4, 0.5) is 0 Å². The van der Waals surface area contributed by atoms with Crippen LogP contribution in [-0.2, 0) is 27.9 Å². The van der Waals surface area contributed by atoms with Gasteiger partial charge < -0.3 is 10.4 Å². The molecule has 1 aliphatic rings. The van der Waals surface area contributed by atoms with E-state index in [0.717, 1.165) is 37.9 Å². The van der Waals surface area contributed by atoms with Gasteiger partial charge in [0.05, 0.1) is 23.2 Å². The van der Waals surface area contributed by atoms with Crippen LogP contribution in [0.25, 0.3) is 10.9 Å². The van der Waals surface area contributed by atoms with Gasteiger partial charge in [-0.1, -0.05) is 55.5 Å². The average Bonchev–Trinajstić information content (AvgIpc) is 2.98. The summed E-state index contributed by atoms with van der Waals surface area (Å²) in [6, 6.07) is 13.2. The van der Waals surface area contributed by atoms with Crippen molar-refractivity contribution in [3.05, 3.63) is 80.5 Å². The van der Waals surface area contributed by atoms with E-state index in [4.69, 9.17) is 0 Å². The molecule has 1 aliphatic heterocycles. The fourth-order valence-electron chi connectivity index (χ4n) is 5.14. The second kappa shape index (κ2) is 14.4. The van der Waals surface area contributed by atoms with Crippen LogP contribution >= 0.6 is 0 Å². The number of hydrogen-bond donors (Lipinski definition) is 3. The molecule has 0 bridgehead atoms. The first-order chi connectivity index (χ1) is 20.2. The number of benzene rings is 2. The number of piperidine rings is 1. The van der Waals surface area contributed by atoms with Gasteiger partial charge in [0.2, 0.25) is 10.0 Å². The van der Waals surface area contributed by atoms with E-state index in [1.165, 1.54) is 4.57 Å². The highest BCUT2D eigenvalue weighted by Crippen LogP contribution is 2.17. The normalized spacial score (nSPS) is 14.8. The summed E-state index contributed by atoms with van der Waals surface area (Å²) in [4.78, 5) is 38.9. The highest BCUT2D eigenvalue weighted by atomic mass is 32.2. The third-order valence-electron chi connectivity index (χ3n) is 7.55. The summed E-state index contributed by atoms with van der Waals surface area (Å²) < 4.78 is 29.6. The molecule has 0 radical (unpaired) electrons. The van der Waals surface area contributed by atoms with Crippen LogP contribution in [0.1, 0.15) is 56.6 Å². The van der Waals surface area contributed by atoms with Crippen molar-refractivity contribution in [3.8, 4) is 11.8 Å². The SMILES string of the molecule is CCCCS(=O)(=O)NC(CC#Cc1ccc2c(c1)c(=O)n(CCC1CCNCC1)c(=O)n2Cc1ccccc1)C(=O)O. The molecule has 1 fully saturated rings. The predicted octanol–water partition coefficient (Wildman–Crippen LogP) is 2.52. The lowest BCUT2D eigenvalue weighted by atomic mass is 9.95. The van der Waals surface area contributed by atoms with Gasteiger partial charge in [0.25, 0.3) is 5.56 Å². The number of aliphatic carboxylic acids is 1. The van der Waals surface area contributed by atoms with Crippen LogP contribution in [-0.4, -0.2) is 53.5 Å². The zero-order valence-electron chi connectivity index (χ0n) is 23.8. The summed E-state index contributed by atoms with van der Waals surface area (Å²) >= 11 is 0. The van der Waals surface area contributed by atoms with Crippen molar-refractivity contribution in [1.82, 2.24) is 19.2 Å². The molecule has 4 rings (SSSR count). The van der Waals surface area contributed by atoms with E-state index >= 15 is 0 Å². The molecule has 0 aliphatic carbocycles. The summed E-state index contributed by atoms with van der Waals surface area (Å²) in [5.74, 6) is 4.60. The van der Waals surface area contributed by atoms with Crippen molar-refractivity contribution in [1.29, 1.82) is 0 Å². The monoisotopic (exact) mass is 594 g/mol. The van der Waals surface area contributed by atoms with Crippen molar-refractivity contribution in [3.63, 3.8) is 0 Å². The third-order valence-corrected chi connectivity index (χ3v) is 9.02. The molecular formula is C31H38N4O6S. The molecule has 1 aromatic heterocycles. The molecule has 10 nitrogen and oxygen atoms in total. The average molecular weight is 595 g/mol. The van der Waals surface area contributed by atoms with E-state index in [9.17, 15) is 27.9 Å². The molecule has 3 aromatic rings. The second-order valence-corrected chi connectivity index (χ2v) is 12.6. The van der Waals surface area contributed by atoms with E-state index in [-0.39, 0.29) is 23.4 Å². The lowest BCUT2D eigenvalue weighted by Gasteiger charge is -2.23. The highest BCUT2D eigenvalue weighted by Gasteiger charge is 2.23. The van der Waals surface area contributed by atoms with Crippen LogP contribution in [0.3, 0.4) is 0 Å². The Bertz CT molecular complexity index is 1680. The Balaban J connectivity index is 1.66. The zero-order chi connectivity index (χ0) is 30.1. The number of carbonyl (C=O) groups is 1. The quantitative estimate of drug-likeness (QED) is 0.274. The lowest BCUT2D eigenvalue weighted by molar-refractivity contribution is -0.138. The molecule has 0 spiro atoms. The van der Waals surface area contributed by atoms with Crippen LogP contribution in [0.15, 0.2) is 58.1 Å². The molecule has 224 valence electrons. The Labute approximate surface area is 245 Å². The van der Waals surface area contributed by atoms with Crippen LogP contribution < -0.4 is 21.3 Å². The van der Waals surface area contributed by atoms with Gasteiger partial charge in [0.1, 0.15) is 6.04 Å². The summed E-state index contributed by atoms with van der Waals surface area (Å²) in [6.07, 6.45) is 3.60. The number of carboxylic acid groups (broad SMARTS) is 1. The summed E-state index contributed by atoms with van der Waals surface area (Å²) in [7, 11) is -3.75. The topological polar surface area (TPSA) is 140 Å². The Morgan fingerprint density at radius 3 is 2.55 bits per heavy atom. The Morgan fingerprint density at radius 1 is 1.12 bits per heavy atom. The maximum Gasteiger partial charge on any atom is 0.331 e. The van der Waals surface area contributed by atoms with Gasteiger partial charge in [-0.15, -0.1) is 0 Å². The predicted molar refractivity (Wildman–Crippen MR) is 163 cm³/mol. The minimum Gasteiger partial charge on any atom is -0.480 e. The van der Waals surface area contributed by atoms with Crippen molar-refractivity contribution in [2.45, 2.75) is 64.6 Å². The standard InChI is InChI=1S/C31H38N4O6S/c1-2-3-20-42(40,41)33-27(30(37)38)11-7-10-24-12-13-28-26(21-24)29(36)34(19-16-23-14-17-32-18-15-23)31(39)35(28)22-25-8-5-4-6-9-25/h4-6,8-9,12-13,21,23,27,32-33H,2-3,11,14-20,22H2,1H3,(H,37,38). The molecule has 0 saturated carbocycles. The van der Waals surface area contributed by atoms with Crippen molar-refractivity contribution < 1.29 is 18.3 Å². The van der Waals surface area contributed by atoms with Gasteiger partial charge in [-0.05, 0) is 68.5 Å².